The summed E-state index contributed by atoms with van der Waals surface area (Å²) in [6, 6.07) is 2.87. The van der Waals surface area contributed by atoms with Crippen molar-refractivity contribution in [3.63, 3.8) is 0 Å². The zero-order chi connectivity index (χ0) is 13.2. The number of nitrogens with one attached hydrogen (secondary N) is 1. The molecule has 1 aromatic heterocycles. The van der Waals surface area contributed by atoms with Crippen molar-refractivity contribution in [1.82, 2.24) is 15.1 Å². The summed E-state index contributed by atoms with van der Waals surface area (Å²) in [6.07, 6.45) is 10.3. The molecule has 2 saturated carbocycles. The van der Waals surface area contributed by atoms with Gasteiger partial charge in [0.15, 0.2) is 0 Å². The van der Waals surface area contributed by atoms with Crippen LogP contribution >= 0.6 is 0 Å². The lowest BCUT2D eigenvalue weighted by Gasteiger charge is -2.31. The topological polar surface area (TPSA) is 29.9 Å². The van der Waals surface area contributed by atoms with Crippen LogP contribution in [0.15, 0.2) is 12.3 Å². The van der Waals surface area contributed by atoms with Gasteiger partial charge in [-0.1, -0.05) is 13.3 Å². The molecule has 0 saturated heterocycles. The molecule has 0 aliphatic heterocycles. The minimum absolute atomic E-state index is 0.718. The van der Waals surface area contributed by atoms with Crippen LogP contribution in [0.1, 0.15) is 44.7 Å². The molecule has 4 unspecified atom stereocenters. The fraction of sp³-hybridized carbons (Fsp3) is 0.812. The van der Waals surface area contributed by atoms with Crippen LogP contribution < -0.4 is 5.32 Å². The van der Waals surface area contributed by atoms with E-state index in [4.69, 9.17) is 0 Å². The summed E-state index contributed by atoms with van der Waals surface area (Å²) in [4.78, 5) is 0. The number of hydrogen-bond donors (Lipinski definition) is 1. The smallest absolute Gasteiger partial charge is 0.0492 e. The second-order valence-corrected chi connectivity index (χ2v) is 6.49. The van der Waals surface area contributed by atoms with E-state index < -0.39 is 0 Å². The molecule has 3 nitrogen and oxygen atoms in total. The van der Waals surface area contributed by atoms with Crippen molar-refractivity contribution < 1.29 is 0 Å². The average molecular weight is 261 g/mol. The summed E-state index contributed by atoms with van der Waals surface area (Å²) >= 11 is 0. The number of hydrogen-bond acceptors (Lipinski definition) is 2. The Bertz CT molecular complexity index is 412. The van der Waals surface area contributed by atoms with Crippen LogP contribution in [-0.2, 0) is 13.5 Å². The molecule has 2 bridgehead atoms. The predicted octanol–water partition coefficient (Wildman–Crippen LogP) is 2.77. The molecule has 3 rings (SSSR count). The van der Waals surface area contributed by atoms with Gasteiger partial charge in [0.25, 0.3) is 0 Å². The highest BCUT2D eigenvalue weighted by Gasteiger charge is 2.42. The molecule has 1 aromatic rings. The van der Waals surface area contributed by atoms with Gasteiger partial charge in [-0.2, -0.15) is 5.10 Å². The number of rotatable bonds is 6. The molecular formula is C16H27N3. The molecule has 106 valence electrons. The van der Waals surface area contributed by atoms with Gasteiger partial charge >= 0.3 is 0 Å². The van der Waals surface area contributed by atoms with Gasteiger partial charge in [-0.15, -0.1) is 0 Å². The quantitative estimate of drug-likeness (QED) is 0.853. The van der Waals surface area contributed by atoms with Gasteiger partial charge in [0, 0.05) is 25.0 Å². The third-order valence-corrected chi connectivity index (χ3v) is 5.41. The van der Waals surface area contributed by atoms with Crippen LogP contribution in [0.4, 0.5) is 0 Å². The van der Waals surface area contributed by atoms with Crippen LogP contribution in [0.25, 0.3) is 0 Å². The number of aromatic nitrogens is 2. The Morgan fingerprint density at radius 1 is 1.42 bits per heavy atom. The zero-order valence-electron chi connectivity index (χ0n) is 12.3. The van der Waals surface area contributed by atoms with Gasteiger partial charge in [0.2, 0.25) is 0 Å². The third kappa shape index (κ3) is 2.71. The third-order valence-electron chi connectivity index (χ3n) is 5.41. The van der Waals surface area contributed by atoms with Gasteiger partial charge in [-0.25, -0.2) is 0 Å². The summed E-state index contributed by atoms with van der Waals surface area (Å²) in [5, 5.41) is 8.03. The maximum Gasteiger partial charge on any atom is 0.0492 e. The van der Waals surface area contributed by atoms with E-state index in [0.29, 0.717) is 0 Å². The molecule has 0 amide bonds. The minimum Gasteiger partial charge on any atom is -0.314 e. The van der Waals surface area contributed by atoms with Gasteiger partial charge < -0.3 is 5.32 Å². The molecule has 1 N–H and O–H groups in total. The molecule has 19 heavy (non-hydrogen) atoms. The Kier molecular flexibility index (Phi) is 3.92. The van der Waals surface area contributed by atoms with E-state index in [1.165, 1.54) is 37.8 Å². The van der Waals surface area contributed by atoms with E-state index >= 15 is 0 Å². The van der Waals surface area contributed by atoms with E-state index in [1.54, 1.807) is 0 Å². The molecule has 2 aliphatic carbocycles. The minimum atomic E-state index is 0.718. The van der Waals surface area contributed by atoms with Crippen LogP contribution in [0.2, 0.25) is 0 Å². The normalized spacial score (nSPS) is 30.9. The number of nitrogens with zero attached hydrogens (tertiary/aromatic N) is 2. The largest absolute Gasteiger partial charge is 0.314 e. The molecule has 2 aliphatic rings. The van der Waals surface area contributed by atoms with Crippen molar-refractivity contribution in [2.45, 2.75) is 51.5 Å². The monoisotopic (exact) mass is 261 g/mol. The second-order valence-electron chi connectivity index (χ2n) is 6.49. The first kappa shape index (κ1) is 13.2. The van der Waals surface area contributed by atoms with Crippen LogP contribution in [-0.4, -0.2) is 22.4 Å². The summed E-state index contributed by atoms with van der Waals surface area (Å²) in [5.74, 6) is 3.00. The summed E-state index contributed by atoms with van der Waals surface area (Å²) < 4.78 is 2.02. The standard InChI is InChI=1S/C16H27N3/c1-3-17-16(7-6-14-8-9-18-19(14)2)15-11-12-4-5-13(15)10-12/h8-9,12-13,15-17H,3-7,10-11H2,1-2H3. The highest BCUT2D eigenvalue weighted by molar-refractivity contribution is 5.02. The summed E-state index contributed by atoms with van der Waals surface area (Å²) in [7, 11) is 2.05. The fourth-order valence-electron chi connectivity index (χ4n) is 4.47. The zero-order valence-corrected chi connectivity index (χ0v) is 12.3. The van der Waals surface area contributed by atoms with Crippen molar-refractivity contribution in [2.75, 3.05) is 6.54 Å². The van der Waals surface area contributed by atoms with Crippen molar-refractivity contribution in [3.05, 3.63) is 18.0 Å². The highest BCUT2D eigenvalue weighted by Crippen LogP contribution is 2.50. The predicted molar refractivity (Wildman–Crippen MR) is 77.9 cm³/mol. The Hall–Kier alpha value is -0.830. The molecule has 1 heterocycles. The summed E-state index contributed by atoms with van der Waals surface area (Å²) in [5.41, 5.74) is 1.37. The van der Waals surface area contributed by atoms with E-state index in [1.807, 2.05) is 10.9 Å². The molecule has 4 atom stereocenters. The Morgan fingerprint density at radius 3 is 2.89 bits per heavy atom. The Morgan fingerprint density at radius 2 is 2.32 bits per heavy atom. The van der Waals surface area contributed by atoms with Gasteiger partial charge in [0.1, 0.15) is 0 Å². The first-order valence-electron chi connectivity index (χ1n) is 7.98. The molecular weight excluding hydrogens is 234 g/mol. The van der Waals surface area contributed by atoms with Gasteiger partial charge in [0.05, 0.1) is 0 Å². The highest BCUT2D eigenvalue weighted by atomic mass is 15.2. The van der Waals surface area contributed by atoms with Gasteiger partial charge in [-0.05, 0) is 62.5 Å². The lowest BCUT2D eigenvalue weighted by Crippen LogP contribution is -2.39. The average Bonchev–Trinajstić information content (AvgIpc) is 3.11. The first-order chi connectivity index (χ1) is 9.28. The van der Waals surface area contributed by atoms with E-state index in [9.17, 15) is 0 Å². The molecule has 2 fully saturated rings. The number of fused-ring (bicyclic) bond motifs is 2. The summed E-state index contributed by atoms with van der Waals surface area (Å²) in [6.45, 7) is 3.34. The maximum atomic E-state index is 4.27. The van der Waals surface area contributed by atoms with Crippen LogP contribution in [0.5, 0.6) is 0 Å². The van der Waals surface area contributed by atoms with E-state index in [0.717, 1.165) is 36.8 Å². The lowest BCUT2D eigenvalue weighted by molar-refractivity contribution is 0.240. The van der Waals surface area contributed by atoms with Crippen molar-refractivity contribution in [1.29, 1.82) is 0 Å². The lowest BCUT2D eigenvalue weighted by atomic mass is 9.81. The first-order valence-corrected chi connectivity index (χ1v) is 7.98. The Labute approximate surface area is 116 Å². The molecule has 0 radical (unpaired) electrons. The molecule has 0 aromatic carbocycles. The maximum absolute atomic E-state index is 4.27. The molecule has 3 heteroatoms. The SMILES string of the molecule is CCNC(CCc1ccnn1C)C1CC2CCC1C2. The van der Waals surface area contributed by atoms with Crippen molar-refractivity contribution >= 4 is 0 Å². The number of aryl methyl sites for hydroxylation is 2. The van der Waals surface area contributed by atoms with Crippen LogP contribution in [0, 0.1) is 17.8 Å². The molecule has 0 spiro atoms. The van der Waals surface area contributed by atoms with E-state index in [-0.39, 0.29) is 0 Å². The van der Waals surface area contributed by atoms with Crippen molar-refractivity contribution in [3.8, 4) is 0 Å². The van der Waals surface area contributed by atoms with Gasteiger partial charge in [-0.3, -0.25) is 4.68 Å². The Balaban J connectivity index is 1.60. The van der Waals surface area contributed by atoms with Crippen LogP contribution in [0.3, 0.4) is 0 Å². The van der Waals surface area contributed by atoms with Crippen molar-refractivity contribution in [2.24, 2.45) is 24.8 Å². The fourth-order valence-corrected chi connectivity index (χ4v) is 4.47. The second kappa shape index (κ2) is 5.66. The van der Waals surface area contributed by atoms with E-state index in [2.05, 4.69) is 30.5 Å².